The Hall–Kier alpha value is -3.80. The number of benzene rings is 2. The summed E-state index contributed by atoms with van der Waals surface area (Å²) in [6, 6.07) is 23.1. The maximum Gasteiger partial charge on any atom is 0.318 e. The number of nitrogens with one attached hydrogen (secondary N) is 1. The van der Waals surface area contributed by atoms with Gasteiger partial charge >= 0.3 is 6.03 Å². The fourth-order valence-electron chi connectivity index (χ4n) is 4.88. The molecular weight excluding hydrogens is 400 g/mol. The topological polar surface area (TPSA) is 57.6 Å². The van der Waals surface area contributed by atoms with Gasteiger partial charge in [0.2, 0.25) is 0 Å². The quantitative estimate of drug-likeness (QED) is 0.631. The Morgan fingerprint density at radius 2 is 1.62 bits per heavy atom. The van der Waals surface area contributed by atoms with Crippen LogP contribution in [0.15, 0.2) is 91.1 Å². The number of carbonyl (C=O) groups excluding carboxylic acids is 2. The molecule has 2 aromatic carbocycles. The van der Waals surface area contributed by atoms with Gasteiger partial charge in [-0.15, -0.1) is 0 Å². The lowest BCUT2D eigenvalue weighted by molar-refractivity contribution is 0.0428. The van der Waals surface area contributed by atoms with Crippen molar-refractivity contribution in [2.24, 2.45) is 0 Å². The van der Waals surface area contributed by atoms with Crippen LogP contribution < -0.4 is 5.32 Å². The van der Waals surface area contributed by atoms with Crippen LogP contribution in [0.2, 0.25) is 0 Å². The van der Waals surface area contributed by atoms with E-state index in [1.54, 1.807) is 7.05 Å². The summed E-state index contributed by atoms with van der Waals surface area (Å²) in [7, 11) is 1.65. The molecule has 3 atom stereocenters. The van der Waals surface area contributed by atoms with E-state index in [0.717, 1.165) is 11.1 Å². The number of nitrogens with zero attached hydrogens (tertiary/aromatic N) is 3. The molecule has 3 aromatic rings. The summed E-state index contributed by atoms with van der Waals surface area (Å²) in [5.41, 5.74) is 2.80. The number of aromatic nitrogens is 1. The van der Waals surface area contributed by atoms with E-state index in [9.17, 15) is 9.59 Å². The van der Waals surface area contributed by atoms with Gasteiger partial charge in [-0.1, -0.05) is 72.8 Å². The third-order valence-corrected chi connectivity index (χ3v) is 6.37. The lowest BCUT2D eigenvalue weighted by atomic mass is 9.99. The monoisotopic (exact) mass is 426 g/mol. The van der Waals surface area contributed by atoms with E-state index >= 15 is 0 Å². The summed E-state index contributed by atoms with van der Waals surface area (Å²) in [6.45, 7) is 0.960. The van der Waals surface area contributed by atoms with Gasteiger partial charge in [-0.05, 0) is 23.3 Å². The Kier molecular flexibility index (Phi) is 5.27. The van der Waals surface area contributed by atoms with Crippen LogP contribution in [0.5, 0.6) is 0 Å². The summed E-state index contributed by atoms with van der Waals surface area (Å²) >= 11 is 0. The minimum atomic E-state index is -0.247. The first-order chi connectivity index (χ1) is 15.7. The van der Waals surface area contributed by atoms with E-state index < -0.39 is 0 Å². The largest absolute Gasteiger partial charge is 0.341 e. The van der Waals surface area contributed by atoms with Crippen molar-refractivity contribution >= 4 is 11.9 Å². The van der Waals surface area contributed by atoms with Crippen molar-refractivity contribution in [1.82, 2.24) is 19.7 Å². The fraction of sp³-hybridized carbons (Fsp3) is 0.231. The maximum atomic E-state index is 13.5. The molecule has 0 fully saturated rings. The van der Waals surface area contributed by atoms with Gasteiger partial charge in [-0.2, -0.15) is 0 Å². The second-order valence-electron chi connectivity index (χ2n) is 8.24. The van der Waals surface area contributed by atoms with Crippen molar-refractivity contribution in [3.63, 3.8) is 0 Å². The molecule has 1 aromatic heterocycles. The summed E-state index contributed by atoms with van der Waals surface area (Å²) in [4.78, 5) is 30.3. The molecule has 0 saturated heterocycles. The van der Waals surface area contributed by atoms with Gasteiger partial charge < -0.3 is 19.7 Å². The number of hydrogen-bond donors (Lipinski definition) is 1. The smallest absolute Gasteiger partial charge is 0.318 e. The van der Waals surface area contributed by atoms with Crippen molar-refractivity contribution in [2.75, 3.05) is 7.05 Å². The highest BCUT2D eigenvalue weighted by molar-refractivity contribution is 5.94. The average molecular weight is 427 g/mol. The van der Waals surface area contributed by atoms with Crippen molar-refractivity contribution in [1.29, 1.82) is 0 Å². The van der Waals surface area contributed by atoms with Gasteiger partial charge in [0, 0.05) is 26.3 Å². The number of fused-ring (bicyclic) bond motifs is 3. The lowest BCUT2D eigenvalue weighted by Gasteiger charge is -2.44. The van der Waals surface area contributed by atoms with Crippen LogP contribution >= 0.6 is 0 Å². The summed E-state index contributed by atoms with van der Waals surface area (Å²) in [6.07, 6.45) is 6.16. The normalized spacial score (nSPS) is 21.2. The lowest BCUT2D eigenvalue weighted by Crippen LogP contribution is -2.58. The second kappa shape index (κ2) is 8.38. The van der Waals surface area contributed by atoms with Gasteiger partial charge in [-0.25, -0.2) is 4.79 Å². The maximum absolute atomic E-state index is 13.5. The first kappa shape index (κ1) is 20.1. The zero-order valence-electron chi connectivity index (χ0n) is 18.0. The van der Waals surface area contributed by atoms with Crippen molar-refractivity contribution in [3.8, 4) is 0 Å². The van der Waals surface area contributed by atoms with Gasteiger partial charge in [0.1, 0.15) is 5.69 Å². The molecule has 0 bridgehead atoms. The molecule has 2 heterocycles. The molecule has 2 aliphatic rings. The average Bonchev–Trinajstić information content (AvgIpc) is 3.49. The number of urea groups is 1. The minimum Gasteiger partial charge on any atom is -0.341 e. The zero-order valence-corrected chi connectivity index (χ0v) is 18.0. The Morgan fingerprint density at radius 3 is 2.31 bits per heavy atom. The van der Waals surface area contributed by atoms with Crippen LogP contribution in [0, 0.1) is 0 Å². The fourth-order valence-corrected chi connectivity index (χ4v) is 4.88. The van der Waals surface area contributed by atoms with Gasteiger partial charge in [-0.3, -0.25) is 4.79 Å². The minimum absolute atomic E-state index is 0.00892. The van der Waals surface area contributed by atoms with E-state index in [1.165, 1.54) is 0 Å². The molecule has 0 unspecified atom stereocenters. The van der Waals surface area contributed by atoms with Crippen LogP contribution in [0.1, 0.15) is 27.7 Å². The van der Waals surface area contributed by atoms with Crippen molar-refractivity contribution in [2.45, 2.75) is 31.2 Å². The predicted molar refractivity (Wildman–Crippen MR) is 123 cm³/mol. The standard InChI is InChI=1S/C26H26N4O2/c1-27-26(32)29(17-19-9-4-2-5-10-19)22-15-14-21-24(22)30(18-20-11-6-3-7-12-20)25(31)23-13-8-16-28(21)23/h2-16,21-22,24H,17-18H2,1H3,(H,27,32)/t21-,22-,24-/m1/s1. The Morgan fingerprint density at radius 1 is 0.938 bits per heavy atom. The SMILES string of the molecule is CNC(=O)N(Cc1ccccc1)[C@@H]1C=C[C@@H]2[C@H]1N(Cc1ccccc1)C(=O)c1cccn12. The number of carbonyl (C=O) groups is 2. The number of hydrogen-bond acceptors (Lipinski definition) is 2. The Bertz CT molecular complexity index is 1140. The second-order valence-corrected chi connectivity index (χ2v) is 8.24. The molecule has 3 amide bonds. The highest BCUT2D eigenvalue weighted by atomic mass is 16.2. The molecule has 6 nitrogen and oxygen atoms in total. The molecular formula is C26H26N4O2. The third kappa shape index (κ3) is 3.47. The predicted octanol–water partition coefficient (Wildman–Crippen LogP) is 3.83. The summed E-state index contributed by atoms with van der Waals surface area (Å²) < 4.78 is 2.04. The molecule has 6 heteroatoms. The molecule has 5 rings (SSSR count). The highest BCUT2D eigenvalue weighted by Gasteiger charge is 2.47. The van der Waals surface area contributed by atoms with E-state index in [4.69, 9.17) is 0 Å². The van der Waals surface area contributed by atoms with Crippen LogP contribution in [0.25, 0.3) is 0 Å². The van der Waals surface area contributed by atoms with Gasteiger partial charge in [0.25, 0.3) is 5.91 Å². The molecule has 0 radical (unpaired) electrons. The van der Waals surface area contributed by atoms with E-state index in [-0.39, 0.29) is 30.1 Å². The van der Waals surface area contributed by atoms with Crippen molar-refractivity contribution < 1.29 is 9.59 Å². The molecule has 1 aliphatic heterocycles. The van der Waals surface area contributed by atoms with E-state index in [1.807, 2.05) is 93.4 Å². The molecule has 162 valence electrons. The molecule has 1 N–H and O–H groups in total. The van der Waals surface area contributed by atoms with Crippen LogP contribution in [0.3, 0.4) is 0 Å². The van der Waals surface area contributed by atoms with E-state index in [2.05, 4.69) is 17.5 Å². The molecule has 0 spiro atoms. The first-order valence-electron chi connectivity index (χ1n) is 10.9. The van der Waals surface area contributed by atoms with Crippen LogP contribution in [-0.2, 0) is 13.1 Å². The highest BCUT2D eigenvalue weighted by Crippen LogP contribution is 2.38. The first-order valence-corrected chi connectivity index (χ1v) is 10.9. The Labute approximate surface area is 187 Å². The van der Waals surface area contributed by atoms with E-state index in [0.29, 0.717) is 18.8 Å². The molecule has 0 saturated carbocycles. The number of amides is 3. The molecule has 32 heavy (non-hydrogen) atoms. The molecule has 1 aliphatic carbocycles. The summed E-state index contributed by atoms with van der Waals surface area (Å²) in [5.74, 6) is -0.00892. The van der Waals surface area contributed by atoms with Gasteiger partial charge in [0.15, 0.2) is 0 Å². The van der Waals surface area contributed by atoms with Crippen molar-refractivity contribution in [3.05, 3.63) is 108 Å². The number of rotatable bonds is 5. The summed E-state index contributed by atoms with van der Waals surface area (Å²) in [5, 5.41) is 2.79. The van der Waals surface area contributed by atoms with Gasteiger partial charge in [0.05, 0.1) is 18.1 Å². The Balaban J connectivity index is 1.53. The van der Waals surface area contributed by atoms with Crippen LogP contribution in [-0.4, -0.2) is 45.4 Å². The van der Waals surface area contributed by atoms with Crippen LogP contribution in [0.4, 0.5) is 4.79 Å². The zero-order chi connectivity index (χ0) is 22.1. The third-order valence-electron chi connectivity index (χ3n) is 6.37.